The molecule has 1 aromatic rings. The maximum Gasteiger partial charge on any atom is 0.173 e. The number of nitrogens with one attached hydrogen (secondary N) is 1. The van der Waals surface area contributed by atoms with Crippen LogP contribution in [0.4, 0.5) is 5.82 Å². The van der Waals surface area contributed by atoms with Crippen LogP contribution >= 0.6 is 23.2 Å². The summed E-state index contributed by atoms with van der Waals surface area (Å²) in [4.78, 5) is 10.2. The molecule has 1 saturated heterocycles. The predicted molar refractivity (Wildman–Crippen MR) is 57.1 cm³/mol. The van der Waals surface area contributed by atoms with Crippen LogP contribution in [0.3, 0.4) is 0 Å². The van der Waals surface area contributed by atoms with Gasteiger partial charge in [0, 0.05) is 26.2 Å². The number of hydrogen-bond donors (Lipinski definition) is 1. The summed E-state index contributed by atoms with van der Waals surface area (Å²) in [5, 5.41) is 3.96. The third kappa shape index (κ3) is 2.08. The summed E-state index contributed by atoms with van der Waals surface area (Å²) in [6.45, 7) is 3.69. The van der Waals surface area contributed by atoms with E-state index >= 15 is 0 Å². The highest BCUT2D eigenvalue weighted by Gasteiger charge is 2.15. The molecule has 14 heavy (non-hydrogen) atoms. The largest absolute Gasteiger partial charge is 0.352 e. The van der Waals surface area contributed by atoms with Crippen molar-refractivity contribution >= 4 is 29.0 Å². The number of halogens is 2. The average Bonchev–Trinajstić information content (AvgIpc) is 2.19. The second-order valence-corrected chi connectivity index (χ2v) is 3.79. The molecular formula is C8H10Cl2N4. The summed E-state index contributed by atoms with van der Waals surface area (Å²) < 4.78 is 0. The van der Waals surface area contributed by atoms with Gasteiger partial charge >= 0.3 is 0 Å². The van der Waals surface area contributed by atoms with Crippen molar-refractivity contribution in [2.45, 2.75) is 0 Å². The number of aromatic nitrogens is 2. The van der Waals surface area contributed by atoms with Gasteiger partial charge in [-0.1, -0.05) is 23.2 Å². The van der Waals surface area contributed by atoms with Gasteiger partial charge in [-0.2, -0.15) is 0 Å². The van der Waals surface area contributed by atoms with E-state index in [0.29, 0.717) is 10.3 Å². The highest BCUT2D eigenvalue weighted by molar-refractivity contribution is 6.33. The van der Waals surface area contributed by atoms with Gasteiger partial charge in [-0.15, -0.1) is 0 Å². The molecule has 0 amide bonds. The molecule has 1 aliphatic rings. The zero-order valence-electron chi connectivity index (χ0n) is 7.50. The smallest absolute Gasteiger partial charge is 0.173 e. The molecule has 0 atom stereocenters. The first-order valence-corrected chi connectivity index (χ1v) is 5.16. The van der Waals surface area contributed by atoms with E-state index in [1.165, 1.54) is 6.20 Å². The average molecular weight is 233 g/mol. The lowest BCUT2D eigenvalue weighted by Gasteiger charge is -2.28. The van der Waals surface area contributed by atoms with Crippen LogP contribution in [0, 0.1) is 0 Å². The van der Waals surface area contributed by atoms with Crippen LogP contribution in [0.5, 0.6) is 0 Å². The van der Waals surface area contributed by atoms with E-state index in [-0.39, 0.29) is 0 Å². The molecule has 1 N–H and O–H groups in total. The van der Waals surface area contributed by atoms with Crippen molar-refractivity contribution in [2.24, 2.45) is 0 Å². The summed E-state index contributed by atoms with van der Waals surface area (Å²) in [6.07, 6.45) is 1.52. The Labute approximate surface area is 92.2 Å². The van der Waals surface area contributed by atoms with Gasteiger partial charge in [0.1, 0.15) is 5.15 Å². The normalized spacial score (nSPS) is 17.1. The van der Waals surface area contributed by atoms with Crippen LogP contribution in [0.2, 0.25) is 10.3 Å². The molecular weight excluding hydrogens is 223 g/mol. The first-order chi connectivity index (χ1) is 6.77. The highest BCUT2D eigenvalue weighted by Crippen LogP contribution is 2.22. The van der Waals surface area contributed by atoms with Crippen molar-refractivity contribution in [2.75, 3.05) is 31.1 Å². The zero-order valence-corrected chi connectivity index (χ0v) is 9.02. The van der Waals surface area contributed by atoms with Gasteiger partial charge in [-0.3, -0.25) is 0 Å². The van der Waals surface area contributed by atoms with Gasteiger partial charge < -0.3 is 10.2 Å². The zero-order chi connectivity index (χ0) is 9.97. The molecule has 0 unspecified atom stereocenters. The molecule has 2 rings (SSSR count). The van der Waals surface area contributed by atoms with Crippen LogP contribution in [-0.4, -0.2) is 36.1 Å². The first kappa shape index (κ1) is 9.96. The fourth-order valence-electron chi connectivity index (χ4n) is 1.43. The molecule has 4 nitrogen and oxygen atoms in total. The lowest BCUT2D eigenvalue weighted by molar-refractivity contribution is 0.584. The third-order valence-corrected chi connectivity index (χ3v) is 2.54. The van der Waals surface area contributed by atoms with Crippen molar-refractivity contribution in [1.82, 2.24) is 15.3 Å². The quantitative estimate of drug-likeness (QED) is 0.791. The third-order valence-electron chi connectivity index (χ3n) is 2.10. The molecule has 1 aliphatic heterocycles. The van der Waals surface area contributed by atoms with Gasteiger partial charge in [0.25, 0.3) is 0 Å². The Morgan fingerprint density at radius 1 is 1.29 bits per heavy atom. The van der Waals surface area contributed by atoms with Gasteiger partial charge in [0.15, 0.2) is 11.0 Å². The lowest BCUT2D eigenvalue weighted by atomic mass is 10.3. The summed E-state index contributed by atoms with van der Waals surface area (Å²) in [5.41, 5.74) is 0. The SMILES string of the molecule is Clc1cnc(N2CCNCC2)c(Cl)n1. The van der Waals surface area contributed by atoms with E-state index in [2.05, 4.69) is 20.2 Å². The molecule has 0 saturated carbocycles. The minimum absolute atomic E-state index is 0.328. The minimum atomic E-state index is 0.328. The molecule has 1 aromatic heterocycles. The fraction of sp³-hybridized carbons (Fsp3) is 0.500. The monoisotopic (exact) mass is 232 g/mol. The molecule has 6 heteroatoms. The Bertz CT molecular complexity index is 325. The highest BCUT2D eigenvalue weighted by atomic mass is 35.5. The van der Waals surface area contributed by atoms with Crippen molar-refractivity contribution in [3.63, 3.8) is 0 Å². The predicted octanol–water partition coefficient (Wildman–Crippen LogP) is 1.19. The number of nitrogens with zero attached hydrogens (tertiary/aromatic N) is 3. The van der Waals surface area contributed by atoms with E-state index in [1.807, 2.05) is 0 Å². The van der Waals surface area contributed by atoms with E-state index < -0.39 is 0 Å². The maximum atomic E-state index is 5.94. The van der Waals surface area contributed by atoms with Gasteiger partial charge in [0.2, 0.25) is 0 Å². The molecule has 0 radical (unpaired) electrons. The van der Waals surface area contributed by atoms with Crippen molar-refractivity contribution < 1.29 is 0 Å². The van der Waals surface area contributed by atoms with Gasteiger partial charge in [-0.05, 0) is 0 Å². The number of anilines is 1. The topological polar surface area (TPSA) is 41.1 Å². The van der Waals surface area contributed by atoms with Crippen LogP contribution in [0.15, 0.2) is 6.20 Å². The maximum absolute atomic E-state index is 5.94. The molecule has 76 valence electrons. The molecule has 1 fully saturated rings. The van der Waals surface area contributed by atoms with E-state index in [9.17, 15) is 0 Å². The first-order valence-electron chi connectivity index (χ1n) is 4.41. The lowest BCUT2D eigenvalue weighted by Crippen LogP contribution is -2.44. The Balaban J connectivity index is 2.22. The van der Waals surface area contributed by atoms with Crippen LogP contribution in [0.25, 0.3) is 0 Å². The summed E-state index contributed by atoms with van der Waals surface area (Å²) in [7, 11) is 0. The second-order valence-electron chi connectivity index (χ2n) is 3.04. The number of rotatable bonds is 1. The fourth-order valence-corrected chi connectivity index (χ4v) is 1.87. The van der Waals surface area contributed by atoms with Crippen molar-refractivity contribution in [1.29, 1.82) is 0 Å². The van der Waals surface area contributed by atoms with E-state index in [0.717, 1.165) is 32.0 Å². The Hall–Kier alpha value is -0.580. The Morgan fingerprint density at radius 2 is 2.00 bits per heavy atom. The van der Waals surface area contributed by atoms with Gasteiger partial charge in [-0.25, -0.2) is 9.97 Å². The van der Waals surface area contributed by atoms with E-state index in [1.54, 1.807) is 0 Å². The van der Waals surface area contributed by atoms with Crippen LogP contribution in [-0.2, 0) is 0 Å². The second kappa shape index (κ2) is 4.29. The summed E-state index contributed by atoms with van der Waals surface area (Å²) >= 11 is 11.6. The standard InChI is InChI=1S/C8H10Cl2N4/c9-6-5-12-8(7(10)13-6)14-3-1-11-2-4-14/h5,11H,1-4H2. The molecule has 0 aliphatic carbocycles. The molecule has 0 aromatic carbocycles. The van der Waals surface area contributed by atoms with Crippen LogP contribution < -0.4 is 10.2 Å². The van der Waals surface area contributed by atoms with Gasteiger partial charge in [0.05, 0.1) is 6.20 Å². The molecule has 2 heterocycles. The number of hydrogen-bond acceptors (Lipinski definition) is 4. The van der Waals surface area contributed by atoms with Crippen LogP contribution in [0.1, 0.15) is 0 Å². The van der Waals surface area contributed by atoms with Crippen molar-refractivity contribution in [3.8, 4) is 0 Å². The molecule has 0 spiro atoms. The Morgan fingerprint density at radius 3 is 2.64 bits per heavy atom. The molecule has 0 bridgehead atoms. The van der Waals surface area contributed by atoms with Crippen molar-refractivity contribution in [3.05, 3.63) is 16.5 Å². The summed E-state index contributed by atoms with van der Waals surface area (Å²) in [5.74, 6) is 0.720. The summed E-state index contributed by atoms with van der Waals surface area (Å²) in [6, 6.07) is 0. The van der Waals surface area contributed by atoms with E-state index in [4.69, 9.17) is 23.2 Å². The Kier molecular flexibility index (Phi) is 3.05. The minimum Gasteiger partial charge on any atom is -0.352 e. The number of piperazine rings is 1.